The van der Waals surface area contributed by atoms with Gasteiger partial charge in [0.25, 0.3) is 5.56 Å². The summed E-state index contributed by atoms with van der Waals surface area (Å²) in [4.78, 5) is 31.0. The predicted octanol–water partition coefficient (Wildman–Crippen LogP) is 0.298. The second kappa shape index (κ2) is 7.31. The number of hydrogen-bond donors (Lipinski definition) is 1. The van der Waals surface area contributed by atoms with E-state index in [1.54, 1.807) is 25.3 Å². The molecular weight excluding hydrogens is 312 g/mol. The van der Waals surface area contributed by atoms with Crippen LogP contribution in [0.4, 0.5) is 5.95 Å². The molecule has 1 aliphatic heterocycles. The average Bonchev–Trinajstić information content (AvgIpc) is 3.09. The van der Waals surface area contributed by atoms with Gasteiger partial charge in [-0.05, 0) is 19.1 Å². The zero-order valence-electron chi connectivity index (χ0n) is 13.5. The molecule has 1 amide bonds. The zero-order chi connectivity index (χ0) is 16.9. The van der Waals surface area contributed by atoms with E-state index < -0.39 is 0 Å². The summed E-state index contributed by atoms with van der Waals surface area (Å²) < 4.78 is 11.9. The number of anilines is 1. The van der Waals surface area contributed by atoms with Gasteiger partial charge in [0.1, 0.15) is 12.3 Å². The number of amides is 1. The molecule has 0 saturated carbocycles. The molecule has 8 heteroatoms. The van der Waals surface area contributed by atoms with Crippen LogP contribution in [0.2, 0.25) is 0 Å². The average molecular weight is 332 g/mol. The Labute approximate surface area is 139 Å². The standard InChI is InChI=1S/C16H20N4O4/c1-12-9-15(22)20(16(18-12)19-4-7-23-8-5-19)11-14(21)17-10-13-3-2-6-24-13/h2-3,6,9H,4-5,7-8,10-11H2,1H3,(H,17,21). The zero-order valence-corrected chi connectivity index (χ0v) is 13.5. The van der Waals surface area contributed by atoms with E-state index in [0.717, 1.165) is 0 Å². The lowest BCUT2D eigenvalue weighted by Gasteiger charge is -2.29. The van der Waals surface area contributed by atoms with Gasteiger partial charge in [0, 0.05) is 24.8 Å². The number of rotatable bonds is 5. The maximum Gasteiger partial charge on any atom is 0.255 e. The molecule has 1 fully saturated rings. The smallest absolute Gasteiger partial charge is 0.255 e. The number of carbonyl (C=O) groups excluding carboxylic acids is 1. The molecule has 128 valence electrons. The monoisotopic (exact) mass is 332 g/mol. The van der Waals surface area contributed by atoms with Gasteiger partial charge in [0.05, 0.1) is 26.0 Å². The molecule has 3 rings (SSSR count). The number of ether oxygens (including phenoxy) is 1. The molecule has 0 radical (unpaired) electrons. The summed E-state index contributed by atoms with van der Waals surface area (Å²) in [6.07, 6.45) is 1.55. The summed E-state index contributed by atoms with van der Waals surface area (Å²) in [6.45, 7) is 4.41. The van der Waals surface area contributed by atoms with Gasteiger partial charge in [0.2, 0.25) is 11.9 Å². The van der Waals surface area contributed by atoms with Crippen molar-refractivity contribution in [1.29, 1.82) is 0 Å². The van der Waals surface area contributed by atoms with Crippen LogP contribution in [0.5, 0.6) is 0 Å². The Morgan fingerprint density at radius 2 is 2.17 bits per heavy atom. The third-order valence-electron chi connectivity index (χ3n) is 3.75. The lowest BCUT2D eigenvalue weighted by molar-refractivity contribution is -0.121. The Morgan fingerprint density at radius 1 is 1.38 bits per heavy atom. The first-order valence-electron chi connectivity index (χ1n) is 7.84. The Bertz CT molecular complexity index is 748. The molecule has 8 nitrogen and oxygen atoms in total. The molecule has 0 atom stereocenters. The molecular formula is C16H20N4O4. The van der Waals surface area contributed by atoms with Crippen LogP contribution in [-0.4, -0.2) is 41.8 Å². The highest BCUT2D eigenvalue weighted by Crippen LogP contribution is 2.12. The van der Waals surface area contributed by atoms with E-state index in [1.165, 1.54) is 10.6 Å². The van der Waals surface area contributed by atoms with Gasteiger partial charge < -0.3 is 19.4 Å². The summed E-state index contributed by atoms with van der Waals surface area (Å²) >= 11 is 0. The number of nitrogens with zero attached hydrogens (tertiary/aromatic N) is 3. The fourth-order valence-corrected chi connectivity index (χ4v) is 2.56. The third-order valence-corrected chi connectivity index (χ3v) is 3.75. The quantitative estimate of drug-likeness (QED) is 0.847. The van der Waals surface area contributed by atoms with Crippen LogP contribution in [0.3, 0.4) is 0 Å². The van der Waals surface area contributed by atoms with Crippen LogP contribution in [0.1, 0.15) is 11.5 Å². The number of aryl methyl sites for hydroxylation is 1. The third kappa shape index (κ3) is 3.83. The molecule has 0 bridgehead atoms. The first-order chi connectivity index (χ1) is 11.6. The van der Waals surface area contributed by atoms with E-state index in [9.17, 15) is 9.59 Å². The van der Waals surface area contributed by atoms with E-state index in [-0.39, 0.29) is 24.6 Å². The molecule has 3 heterocycles. The summed E-state index contributed by atoms with van der Waals surface area (Å²) in [5.74, 6) is 0.899. The van der Waals surface area contributed by atoms with E-state index in [2.05, 4.69) is 10.3 Å². The molecule has 0 unspecified atom stereocenters. The topological polar surface area (TPSA) is 89.6 Å². The van der Waals surface area contributed by atoms with Crippen LogP contribution in [-0.2, 0) is 22.6 Å². The SMILES string of the molecule is Cc1cc(=O)n(CC(=O)NCc2ccco2)c(N2CCOCC2)n1. The number of nitrogens with one attached hydrogen (secondary N) is 1. The van der Waals surface area contributed by atoms with Crippen LogP contribution >= 0.6 is 0 Å². The van der Waals surface area contributed by atoms with E-state index in [1.807, 2.05) is 4.90 Å². The maximum absolute atomic E-state index is 12.3. The minimum Gasteiger partial charge on any atom is -0.467 e. The Hall–Kier alpha value is -2.61. The number of furan rings is 1. The highest BCUT2D eigenvalue weighted by molar-refractivity contribution is 5.76. The fourth-order valence-electron chi connectivity index (χ4n) is 2.56. The van der Waals surface area contributed by atoms with Crippen molar-refractivity contribution in [1.82, 2.24) is 14.9 Å². The van der Waals surface area contributed by atoms with Crippen molar-refractivity contribution < 1.29 is 13.9 Å². The molecule has 0 aliphatic carbocycles. The second-order valence-electron chi connectivity index (χ2n) is 5.58. The number of carbonyl (C=O) groups is 1. The van der Waals surface area contributed by atoms with Crippen LogP contribution in [0.25, 0.3) is 0 Å². The molecule has 2 aromatic heterocycles. The van der Waals surface area contributed by atoms with Gasteiger partial charge in [0.15, 0.2) is 0 Å². The number of aromatic nitrogens is 2. The van der Waals surface area contributed by atoms with E-state index in [0.29, 0.717) is 43.7 Å². The summed E-state index contributed by atoms with van der Waals surface area (Å²) in [7, 11) is 0. The van der Waals surface area contributed by atoms with Crippen molar-refractivity contribution in [3.8, 4) is 0 Å². The normalized spacial score (nSPS) is 14.6. The Kier molecular flexibility index (Phi) is 4.95. The molecule has 1 N–H and O–H groups in total. The molecule has 24 heavy (non-hydrogen) atoms. The minimum absolute atomic E-state index is 0.0838. The van der Waals surface area contributed by atoms with Gasteiger partial charge in [-0.3, -0.25) is 14.2 Å². The second-order valence-corrected chi connectivity index (χ2v) is 5.58. The van der Waals surface area contributed by atoms with Crippen molar-refractivity contribution >= 4 is 11.9 Å². The fraction of sp³-hybridized carbons (Fsp3) is 0.438. The Balaban J connectivity index is 1.75. The lowest BCUT2D eigenvalue weighted by Crippen LogP contribution is -2.42. The number of hydrogen-bond acceptors (Lipinski definition) is 6. The molecule has 0 aromatic carbocycles. The maximum atomic E-state index is 12.3. The van der Waals surface area contributed by atoms with Gasteiger partial charge >= 0.3 is 0 Å². The predicted molar refractivity (Wildman–Crippen MR) is 86.8 cm³/mol. The van der Waals surface area contributed by atoms with Crippen molar-refractivity contribution in [2.24, 2.45) is 0 Å². The number of morpholine rings is 1. The van der Waals surface area contributed by atoms with Gasteiger partial charge in [-0.1, -0.05) is 0 Å². The summed E-state index contributed by atoms with van der Waals surface area (Å²) in [5.41, 5.74) is 0.394. The largest absolute Gasteiger partial charge is 0.467 e. The summed E-state index contributed by atoms with van der Waals surface area (Å²) in [5, 5.41) is 2.74. The van der Waals surface area contributed by atoms with Gasteiger partial charge in [-0.25, -0.2) is 4.98 Å². The van der Waals surface area contributed by atoms with Gasteiger partial charge in [-0.15, -0.1) is 0 Å². The van der Waals surface area contributed by atoms with Gasteiger partial charge in [-0.2, -0.15) is 0 Å². The first kappa shape index (κ1) is 16.3. The van der Waals surface area contributed by atoms with Crippen molar-refractivity contribution in [3.63, 3.8) is 0 Å². The lowest BCUT2D eigenvalue weighted by atomic mass is 10.4. The Morgan fingerprint density at radius 3 is 2.88 bits per heavy atom. The first-order valence-corrected chi connectivity index (χ1v) is 7.84. The molecule has 1 aliphatic rings. The summed E-state index contributed by atoms with van der Waals surface area (Å²) in [6, 6.07) is 4.97. The minimum atomic E-state index is -0.270. The van der Waals surface area contributed by atoms with Crippen molar-refractivity contribution in [2.45, 2.75) is 20.0 Å². The van der Waals surface area contributed by atoms with E-state index in [4.69, 9.17) is 9.15 Å². The molecule has 1 saturated heterocycles. The van der Waals surface area contributed by atoms with E-state index >= 15 is 0 Å². The van der Waals surface area contributed by atoms with Crippen LogP contribution < -0.4 is 15.8 Å². The van der Waals surface area contributed by atoms with Crippen molar-refractivity contribution in [3.05, 3.63) is 46.3 Å². The molecule has 0 spiro atoms. The molecule has 2 aromatic rings. The van der Waals surface area contributed by atoms with Crippen LogP contribution in [0.15, 0.2) is 33.7 Å². The van der Waals surface area contributed by atoms with Crippen molar-refractivity contribution in [2.75, 3.05) is 31.2 Å². The van der Waals surface area contributed by atoms with Crippen LogP contribution in [0, 0.1) is 6.92 Å². The highest BCUT2D eigenvalue weighted by Gasteiger charge is 2.19. The highest BCUT2D eigenvalue weighted by atomic mass is 16.5.